The number of nitrogens with two attached hydrogens (primary N) is 2. The first-order chi connectivity index (χ1) is 21.4. The van der Waals surface area contributed by atoms with Crippen molar-refractivity contribution in [3.05, 3.63) is 124 Å². The standard InChI is InChI=1S/C32H34Cl2N6O3S/c33-25-8-4-9-26(34)31(25)44-21-24-11-13-28(43-19-16-22-6-2-1-3-7-22)27(12-14-29(35)41)40(24)18-5-17-37-32(42)23-10-15-30(39-36)38-20-23/h1-4,6-15,20,24H,5,16-19,21,36H2,(H2,35,41)(H,37,42)(H,38,39). The molecule has 1 unspecified atom stereocenters. The van der Waals surface area contributed by atoms with Gasteiger partial charge in [-0.05, 0) is 48.4 Å². The molecule has 1 aliphatic heterocycles. The van der Waals surface area contributed by atoms with Crippen LogP contribution < -0.4 is 22.3 Å². The molecule has 12 heteroatoms. The van der Waals surface area contributed by atoms with Gasteiger partial charge in [0.25, 0.3) is 5.91 Å². The molecule has 230 valence electrons. The second-order valence-electron chi connectivity index (χ2n) is 9.74. The zero-order valence-corrected chi connectivity index (χ0v) is 26.2. The number of hydrogen-bond donors (Lipinski definition) is 4. The number of rotatable bonds is 15. The summed E-state index contributed by atoms with van der Waals surface area (Å²) in [7, 11) is 0. The van der Waals surface area contributed by atoms with E-state index in [2.05, 4.69) is 38.8 Å². The van der Waals surface area contributed by atoms with Crippen molar-refractivity contribution in [1.82, 2.24) is 15.2 Å². The molecule has 4 rings (SSSR count). The Balaban J connectivity index is 1.50. The van der Waals surface area contributed by atoms with Gasteiger partial charge in [0.2, 0.25) is 5.91 Å². The van der Waals surface area contributed by atoms with E-state index in [0.29, 0.717) is 59.1 Å². The zero-order valence-electron chi connectivity index (χ0n) is 23.9. The van der Waals surface area contributed by atoms with E-state index >= 15 is 0 Å². The molecule has 0 radical (unpaired) electrons. The molecule has 0 aliphatic carbocycles. The van der Waals surface area contributed by atoms with Crippen molar-refractivity contribution in [3.8, 4) is 0 Å². The van der Waals surface area contributed by atoms with Gasteiger partial charge in [0.05, 0.1) is 34.0 Å². The minimum atomic E-state index is -0.568. The normalized spacial score (nSPS) is 14.6. The summed E-state index contributed by atoms with van der Waals surface area (Å²) in [5, 5.41) is 4.10. The Hall–Kier alpha value is -3.96. The van der Waals surface area contributed by atoms with Gasteiger partial charge in [-0.2, -0.15) is 0 Å². The van der Waals surface area contributed by atoms with Crippen LogP contribution in [0, 0.1) is 0 Å². The minimum absolute atomic E-state index is 0.0995. The Labute approximate surface area is 271 Å². The highest BCUT2D eigenvalue weighted by atomic mass is 35.5. The number of carbonyl (C=O) groups excluding carboxylic acids is 2. The summed E-state index contributed by atoms with van der Waals surface area (Å²) in [6.45, 7) is 1.40. The summed E-state index contributed by atoms with van der Waals surface area (Å²) in [6.07, 6.45) is 9.78. The maximum atomic E-state index is 12.7. The van der Waals surface area contributed by atoms with Gasteiger partial charge < -0.3 is 26.1 Å². The smallest absolute Gasteiger partial charge is 0.252 e. The number of nitrogens with one attached hydrogen (secondary N) is 2. The lowest BCUT2D eigenvalue weighted by Gasteiger charge is -2.36. The number of amides is 2. The van der Waals surface area contributed by atoms with Crippen molar-refractivity contribution < 1.29 is 14.3 Å². The number of ether oxygens (including phenoxy) is 1. The molecule has 2 aromatic carbocycles. The number of allylic oxidation sites excluding steroid dienone is 2. The number of primary amides is 1. The number of hydrogen-bond acceptors (Lipinski definition) is 8. The topological polar surface area (TPSA) is 136 Å². The SMILES string of the molecule is NNc1ccc(C(=O)NCCCN2C(C=CC(N)=O)=C(OCCc3ccccc3)C=CC2CSc2c(Cl)cccc2Cl)cn1. The Morgan fingerprint density at radius 1 is 1.07 bits per heavy atom. The summed E-state index contributed by atoms with van der Waals surface area (Å²) in [5.74, 6) is 6.25. The van der Waals surface area contributed by atoms with E-state index in [1.165, 1.54) is 12.3 Å². The van der Waals surface area contributed by atoms with Gasteiger partial charge in [-0.3, -0.25) is 9.59 Å². The number of benzene rings is 2. The van der Waals surface area contributed by atoms with E-state index in [0.717, 1.165) is 22.6 Å². The summed E-state index contributed by atoms with van der Waals surface area (Å²) in [6, 6.07) is 18.7. The number of nitrogen functional groups attached to an aromatic ring is 1. The van der Waals surface area contributed by atoms with Crippen LogP contribution >= 0.6 is 35.0 Å². The molecule has 0 saturated heterocycles. The molecular weight excluding hydrogens is 619 g/mol. The van der Waals surface area contributed by atoms with E-state index in [1.54, 1.807) is 30.0 Å². The van der Waals surface area contributed by atoms with Crippen LogP contribution in [0.4, 0.5) is 5.82 Å². The first kappa shape index (κ1) is 32.9. The van der Waals surface area contributed by atoms with Crippen LogP contribution in [-0.4, -0.2) is 53.2 Å². The van der Waals surface area contributed by atoms with Crippen molar-refractivity contribution in [2.75, 3.05) is 30.9 Å². The van der Waals surface area contributed by atoms with Crippen LogP contribution in [0.1, 0.15) is 22.3 Å². The lowest BCUT2D eigenvalue weighted by atomic mass is 10.1. The van der Waals surface area contributed by atoms with Crippen molar-refractivity contribution >= 4 is 52.6 Å². The second-order valence-corrected chi connectivity index (χ2v) is 11.6. The summed E-state index contributed by atoms with van der Waals surface area (Å²) < 4.78 is 6.24. The first-order valence-electron chi connectivity index (χ1n) is 14.0. The number of anilines is 1. The zero-order chi connectivity index (χ0) is 31.3. The van der Waals surface area contributed by atoms with Gasteiger partial charge >= 0.3 is 0 Å². The predicted octanol–water partition coefficient (Wildman–Crippen LogP) is 5.34. The molecule has 1 aromatic heterocycles. The van der Waals surface area contributed by atoms with Gasteiger partial charge in [-0.15, -0.1) is 11.8 Å². The maximum Gasteiger partial charge on any atom is 0.252 e. The van der Waals surface area contributed by atoms with Crippen LogP contribution in [0.2, 0.25) is 10.0 Å². The quantitative estimate of drug-likeness (QED) is 0.0568. The molecule has 3 aromatic rings. The molecule has 0 spiro atoms. The molecule has 6 N–H and O–H groups in total. The third kappa shape index (κ3) is 9.52. The molecule has 1 atom stereocenters. The molecular formula is C32H34Cl2N6O3S. The largest absolute Gasteiger partial charge is 0.491 e. The fourth-order valence-corrected chi connectivity index (χ4v) is 6.25. The number of halogens is 2. The highest BCUT2D eigenvalue weighted by Crippen LogP contribution is 2.36. The van der Waals surface area contributed by atoms with E-state index < -0.39 is 5.91 Å². The first-order valence-corrected chi connectivity index (χ1v) is 15.7. The summed E-state index contributed by atoms with van der Waals surface area (Å²) >= 11 is 14.4. The van der Waals surface area contributed by atoms with E-state index in [9.17, 15) is 9.59 Å². The summed E-state index contributed by atoms with van der Waals surface area (Å²) in [5.41, 5.74) is 10.2. The second kappa shape index (κ2) is 16.8. The van der Waals surface area contributed by atoms with Gasteiger partial charge in [0.15, 0.2) is 0 Å². The third-order valence-corrected chi connectivity index (χ3v) is 8.77. The third-order valence-electron chi connectivity index (χ3n) is 6.68. The Morgan fingerprint density at radius 3 is 2.52 bits per heavy atom. The number of carbonyl (C=O) groups is 2. The van der Waals surface area contributed by atoms with Crippen LogP contribution in [0.3, 0.4) is 0 Å². The average Bonchev–Trinajstić information content (AvgIpc) is 3.03. The van der Waals surface area contributed by atoms with Crippen LogP contribution in [0.25, 0.3) is 0 Å². The molecule has 2 heterocycles. The van der Waals surface area contributed by atoms with Gasteiger partial charge in [0.1, 0.15) is 11.6 Å². The number of pyridine rings is 1. The highest BCUT2D eigenvalue weighted by Gasteiger charge is 2.25. The van der Waals surface area contributed by atoms with Crippen LogP contribution in [0.5, 0.6) is 0 Å². The molecule has 2 amide bonds. The minimum Gasteiger partial charge on any atom is -0.491 e. The fraction of sp³-hybridized carbons (Fsp3) is 0.219. The van der Waals surface area contributed by atoms with Crippen LogP contribution in [-0.2, 0) is 16.0 Å². The van der Waals surface area contributed by atoms with Crippen molar-refractivity contribution in [2.45, 2.75) is 23.8 Å². The molecule has 44 heavy (non-hydrogen) atoms. The van der Waals surface area contributed by atoms with Gasteiger partial charge in [0, 0.05) is 42.4 Å². The Kier molecular flexibility index (Phi) is 12.6. The fourth-order valence-electron chi connectivity index (χ4n) is 4.48. The molecule has 0 fully saturated rings. The Morgan fingerprint density at radius 2 is 1.84 bits per heavy atom. The van der Waals surface area contributed by atoms with Crippen molar-refractivity contribution in [1.29, 1.82) is 0 Å². The highest BCUT2D eigenvalue weighted by molar-refractivity contribution is 7.99. The summed E-state index contributed by atoms with van der Waals surface area (Å²) in [4.78, 5) is 31.5. The maximum absolute atomic E-state index is 12.7. The number of hydrazine groups is 1. The molecule has 1 aliphatic rings. The lowest BCUT2D eigenvalue weighted by molar-refractivity contribution is -0.113. The lowest BCUT2D eigenvalue weighted by Crippen LogP contribution is -2.39. The van der Waals surface area contributed by atoms with E-state index in [1.807, 2.05) is 42.5 Å². The van der Waals surface area contributed by atoms with E-state index in [4.69, 9.17) is 39.5 Å². The number of aromatic nitrogens is 1. The van der Waals surface area contributed by atoms with E-state index in [-0.39, 0.29) is 11.9 Å². The van der Waals surface area contributed by atoms with Crippen molar-refractivity contribution in [2.24, 2.45) is 11.6 Å². The molecule has 0 bridgehead atoms. The van der Waals surface area contributed by atoms with Crippen LogP contribution in [0.15, 0.2) is 108 Å². The monoisotopic (exact) mass is 652 g/mol. The Bertz CT molecular complexity index is 1500. The number of nitrogens with zero attached hydrogens (tertiary/aromatic N) is 2. The van der Waals surface area contributed by atoms with Gasteiger partial charge in [-0.25, -0.2) is 10.8 Å². The van der Waals surface area contributed by atoms with Crippen molar-refractivity contribution in [3.63, 3.8) is 0 Å². The molecule has 0 saturated carbocycles. The molecule has 9 nitrogen and oxygen atoms in total. The average molecular weight is 654 g/mol. The number of thioether (sulfide) groups is 1. The van der Waals surface area contributed by atoms with Gasteiger partial charge in [-0.1, -0.05) is 65.7 Å². The predicted molar refractivity (Wildman–Crippen MR) is 177 cm³/mol.